The summed E-state index contributed by atoms with van der Waals surface area (Å²) in [6.07, 6.45) is 6.53. The van der Waals surface area contributed by atoms with E-state index in [2.05, 4.69) is 44.2 Å². The summed E-state index contributed by atoms with van der Waals surface area (Å²) in [5.41, 5.74) is 0.819. The molecule has 0 amide bonds. The van der Waals surface area contributed by atoms with Crippen molar-refractivity contribution in [2.45, 2.75) is 44.4 Å². The van der Waals surface area contributed by atoms with Crippen molar-refractivity contribution in [1.29, 1.82) is 0 Å². The second-order valence-corrected chi connectivity index (χ2v) is 9.62. The number of aromatic hydroxyl groups is 1. The normalized spacial score (nSPS) is 29.4. The Kier molecular flexibility index (Phi) is 4.35. The van der Waals surface area contributed by atoms with Gasteiger partial charge in [0.2, 0.25) is 0 Å². The first-order valence-corrected chi connectivity index (χ1v) is 10.7. The Labute approximate surface area is 182 Å². The van der Waals surface area contributed by atoms with Gasteiger partial charge in [0.25, 0.3) is 0 Å². The number of fused-ring (bicyclic) bond motifs is 2. The van der Waals surface area contributed by atoms with Crippen molar-refractivity contribution in [2.75, 3.05) is 0 Å². The number of aryl methyl sites for hydroxylation is 1. The maximum atomic E-state index is 15.3. The van der Waals surface area contributed by atoms with Crippen molar-refractivity contribution < 1.29 is 9.50 Å². The number of pyridine rings is 1. The highest BCUT2D eigenvalue weighted by atomic mass is 32.1. The Morgan fingerprint density at radius 3 is 2.84 bits per heavy atom. The molecule has 2 bridgehead atoms. The minimum absolute atomic E-state index is 0.0132. The van der Waals surface area contributed by atoms with E-state index in [9.17, 15) is 5.11 Å². The zero-order chi connectivity index (χ0) is 22.0. The van der Waals surface area contributed by atoms with E-state index < -0.39 is 11.7 Å². The molecule has 2 aliphatic heterocycles. The van der Waals surface area contributed by atoms with Gasteiger partial charge in [-0.1, -0.05) is 30.1 Å². The maximum Gasteiger partial charge on any atom is 0.178 e. The van der Waals surface area contributed by atoms with E-state index in [0.29, 0.717) is 33.4 Å². The predicted molar refractivity (Wildman–Crippen MR) is 116 cm³/mol. The molecule has 0 radical (unpaired) electrons. The number of nitrogens with one attached hydrogen (secondary N) is 1. The molecule has 160 valence electrons. The summed E-state index contributed by atoms with van der Waals surface area (Å²) < 4.78 is 15.3. The van der Waals surface area contributed by atoms with Crippen LogP contribution >= 0.6 is 11.3 Å². The van der Waals surface area contributed by atoms with Gasteiger partial charge in [0.05, 0.1) is 23.0 Å². The van der Waals surface area contributed by atoms with Gasteiger partial charge in [-0.25, -0.2) is 9.37 Å². The van der Waals surface area contributed by atoms with Crippen LogP contribution in [0.3, 0.4) is 0 Å². The van der Waals surface area contributed by atoms with Crippen molar-refractivity contribution in [3.8, 4) is 22.1 Å². The topological polar surface area (TPSA) is 102 Å². The molecular weight excluding hydrogens is 417 g/mol. The monoisotopic (exact) mass is 439 g/mol. The van der Waals surface area contributed by atoms with Crippen LogP contribution < -0.4 is 5.32 Å². The summed E-state index contributed by atoms with van der Waals surface area (Å²) in [6.45, 7) is 9.91. The molecule has 0 spiro atoms. The number of aromatic nitrogens is 6. The van der Waals surface area contributed by atoms with Crippen LogP contribution in [0.2, 0.25) is 0 Å². The van der Waals surface area contributed by atoms with Crippen molar-refractivity contribution in [3.63, 3.8) is 0 Å². The molecule has 10 heteroatoms. The minimum atomic E-state index is -1.13. The van der Waals surface area contributed by atoms with Crippen LogP contribution in [-0.2, 0) is 0 Å². The first-order valence-electron chi connectivity index (χ1n) is 9.93. The summed E-state index contributed by atoms with van der Waals surface area (Å²) in [5, 5.41) is 31.7. The largest absolute Gasteiger partial charge is 0.507 e. The van der Waals surface area contributed by atoms with E-state index in [1.165, 1.54) is 28.4 Å². The Balaban J connectivity index is 1.41. The zero-order valence-electron chi connectivity index (χ0n) is 17.4. The first-order chi connectivity index (χ1) is 14.7. The zero-order valence-corrected chi connectivity index (χ0v) is 18.2. The predicted octanol–water partition coefficient (Wildman–Crippen LogP) is 3.24. The standard InChI is InChI=1S/C21H22FN7OS/c1-11-9-24-29(27-11)16-7-15(30)14(10-23-16)19-26-25-18(31-19)12(2)13-8-20(3)5-6-21(4,28-20)17(13)22/h5-7,9-10,13,17,28H,2,8H2,1,3-4H3,(H,23,30)/t13-,17-,20+,21-/m1/s1. The molecule has 0 aromatic carbocycles. The van der Waals surface area contributed by atoms with Crippen molar-refractivity contribution >= 4 is 16.9 Å². The van der Waals surface area contributed by atoms with Crippen LogP contribution in [0, 0.1) is 12.8 Å². The molecule has 0 unspecified atom stereocenters. The molecule has 5 rings (SSSR count). The molecule has 2 N–H and O–H groups in total. The minimum Gasteiger partial charge on any atom is -0.507 e. The highest BCUT2D eigenvalue weighted by Gasteiger charge is 2.53. The van der Waals surface area contributed by atoms with Crippen LogP contribution in [0.4, 0.5) is 4.39 Å². The lowest BCUT2D eigenvalue weighted by Gasteiger charge is -2.45. The number of hydrogen-bond donors (Lipinski definition) is 2. The lowest BCUT2D eigenvalue weighted by Crippen LogP contribution is -2.61. The molecular formula is C21H22FN7OS. The summed E-state index contributed by atoms with van der Waals surface area (Å²) in [4.78, 5) is 5.66. The van der Waals surface area contributed by atoms with Gasteiger partial charge in [0.15, 0.2) is 10.8 Å². The third-order valence-corrected chi connectivity index (χ3v) is 7.01. The molecule has 5 heterocycles. The second kappa shape index (κ2) is 6.76. The average molecular weight is 440 g/mol. The number of halogens is 1. The van der Waals surface area contributed by atoms with Gasteiger partial charge < -0.3 is 5.11 Å². The Bertz CT molecular complexity index is 1220. The SMILES string of the molecule is C=C(c1nnc(-c2cnc(-n3ncc(C)n3)cc2O)s1)[C@H]1C[C@]2(C)C=C[C@@](C)(N2)[C@@H]1F. The van der Waals surface area contributed by atoms with Gasteiger partial charge in [-0.05, 0) is 32.8 Å². The lowest BCUT2D eigenvalue weighted by molar-refractivity contribution is 0.0914. The molecule has 31 heavy (non-hydrogen) atoms. The fraction of sp³-hybridized carbons (Fsp3) is 0.381. The molecule has 3 aromatic heterocycles. The van der Waals surface area contributed by atoms with Gasteiger partial charge in [-0.3, -0.25) is 5.32 Å². The Morgan fingerprint density at radius 2 is 2.13 bits per heavy atom. The van der Waals surface area contributed by atoms with Crippen LogP contribution in [0.25, 0.3) is 22.0 Å². The number of alkyl halides is 1. The van der Waals surface area contributed by atoms with E-state index in [-0.39, 0.29) is 17.2 Å². The summed E-state index contributed by atoms with van der Waals surface area (Å²) in [7, 11) is 0. The Morgan fingerprint density at radius 1 is 1.32 bits per heavy atom. The number of rotatable bonds is 4. The highest BCUT2D eigenvalue weighted by Crippen LogP contribution is 2.47. The van der Waals surface area contributed by atoms with Gasteiger partial charge in [-0.15, -0.1) is 15.0 Å². The van der Waals surface area contributed by atoms with Gasteiger partial charge >= 0.3 is 0 Å². The quantitative estimate of drug-likeness (QED) is 0.602. The molecule has 1 saturated heterocycles. The summed E-state index contributed by atoms with van der Waals surface area (Å²) in [5.74, 6) is -0.000943. The molecule has 3 aromatic rings. The lowest BCUT2D eigenvalue weighted by atomic mass is 9.75. The van der Waals surface area contributed by atoms with Crippen LogP contribution in [0.15, 0.2) is 37.2 Å². The number of piperidine rings is 1. The van der Waals surface area contributed by atoms with Gasteiger partial charge in [0.1, 0.15) is 16.9 Å². The van der Waals surface area contributed by atoms with E-state index in [1.54, 1.807) is 6.20 Å². The van der Waals surface area contributed by atoms with E-state index in [1.807, 2.05) is 26.0 Å². The molecule has 2 aliphatic rings. The fourth-order valence-electron chi connectivity index (χ4n) is 4.39. The van der Waals surface area contributed by atoms with Crippen LogP contribution in [0.1, 0.15) is 31.0 Å². The summed E-state index contributed by atoms with van der Waals surface area (Å²) in [6, 6.07) is 1.47. The smallest absolute Gasteiger partial charge is 0.178 e. The van der Waals surface area contributed by atoms with E-state index in [0.717, 1.165) is 5.69 Å². The average Bonchev–Trinajstić information content (AvgIpc) is 3.44. The van der Waals surface area contributed by atoms with Crippen LogP contribution in [-0.4, -0.2) is 52.5 Å². The molecule has 4 atom stereocenters. The molecule has 0 aliphatic carbocycles. The fourth-order valence-corrected chi connectivity index (χ4v) is 5.29. The third kappa shape index (κ3) is 3.26. The molecule has 8 nitrogen and oxygen atoms in total. The molecule has 0 saturated carbocycles. The van der Waals surface area contributed by atoms with Gasteiger partial charge in [0, 0.05) is 23.7 Å². The number of hydrogen-bond acceptors (Lipinski definition) is 8. The number of nitrogens with zero attached hydrogens (tertiary/aromatic N) is 6. The second-order valence-electron chi connectivity index (χ2n) is 8.64. The number of allylic oxidation sites excluding steroid dienone is 1. The van der Waals surface area contributed by atoms with E-state index >= 15 is 4.39 Å². The van der Waals surface area contributed by atoms with Crippen molar-refractivity contribution in [3.05, 3.63) is 47.9 Å². The van der Waals surface area contributed by atoms with Crippen molar-refractivity contribution in [2.24, 2.45) is 5.92 Å². The molecule has 1 fully saturated rings. The highest BCUT2D eigenvalue weighted by molar-refractivity contribution is 7.15. The maximum absolute atomic E-state index is 15.3. The van der Waals surface area contributed by atoms with E-state index in [4.69, 9.17) is 0 Å². The first kappa shape index (κ1) is 20.0. The van der Waals surface area contributed by atoms with Gasteiger partial charge in [-0.2, -0.15) is 10.2 Å². The van der Waals surface area contributed by atoms with Crippen LogP contribution in [0.5, 0.6) is 5.75 Å². The summed E-state index contributed by atoms with van der Waals surface area (Å²) >= 11 is 1.26. The third-order valence-electron chi connectivity index (χ3n) is 5.98. The van der Waals surface area contributed by atoms with Crippen molar-refractivity contribution in [1.82, 2.24) is 35.5 Å². The Hall–Kier alpha value is -2.98.